The molecule has 1 fully saturated rings. The average Bonchev–Trinajstić information content (AvgIpc) is 2.72. The Morgan fingerprint density at radius 1 is 1.19 bits per heavy atom. The molecular weight excluding hydrogens is 473 g/mol. The Labute approximate surface area is 185 Å². The average molecular weight is 488 g/mol. The van der Waals surface area contributed by atoms with Crippen molar-refractivity contribution in [2.24, 2.45) is 0 Å². The van der Waals surface area contributed by atoms with Crippen LogP contribution in [0.4, 0.5) is 14.9 Å². The molecule has 0 spiro atoms. The molecule has 31 heavy (non-hydrogen) atoms. The van der Waals surface area contributed by atoms with Gasteiger partial charge in [-0.1, -0.05) is 0 Å². The summed E-state index contributed by atoms with van der Waals surface area (Å²) >= 11 is 3.33. The highest BCUT2D eigenvalue weighted by atomic mass is 79.9. The van der Waals surface area contributed by atoms with E-state index in [1.54, 1.807) is 13.0 Å². The van der Waals surface area contributed by atoms with E-state index < -0.39 is 23.7 Å². The summed E-state index contributed by atoms with van der Waals surface area (Å²) in [6.07, 6.45) is 1.29. The Kier molecular flexibility index (Phi) is 6.67. The summed E-state index contributed by atoms with van der Waals surface area (Å²) in [5, 5.41) is 10.8. The second-order valence-corrected chi connectivity index (χ2v) is 7.00. The van der Waals surface area contributed by atoms with E-state index in [2.05, 4.69) is 21.2 Å². The summed E-state index contributed by atoms with van der Waals surface area (Å²) < 4.78 is 24.6. The van der Waals surface area contributed by atoms with Crippen LogP contribution in [0.5, 0.6) is 11.5 Å². The van der Waals surface area contributed by atoms with Gasteiger partial charge in [0.1, 0.15) is 17.5 Å². The lowest BCUT2D eigenvalue weighted by atomic mass is 10.1. The smallest absolute Gasteiger partial charge is 0.335 e. The zero-order valence-corrected chi connectivity index (χ0v) is 17.7. The molecule has 3 rings (SSSR count). The normalized spacial score (nSPS) is 15.0. The molecule has 0 aliphatic carbocycles. The molecule has 4 amide bonds. The zero-order valence-electron chi connectivity index (χ0n) is 16.1. The van der Waals surface area contributed by atoms with E-state index in [9.17, 15) is 18.8 Å². The molecule has 0 bridgehead atoms. The molecule has 10 heteroatoms. The van der Waals surface area contributed by atoms with Gasteiger partial charge in [-0.15, -0.1) is 0 Å². The first-order valence-electron chi connectivity index (χ1n) is 8.98. The number of ether oxygens (including phenoxy) is 2. The molecule has 1 N–H and O–H groups in total. The van der Waals surface area contributed by atoms with Gasteiger partial charge in [-0.05, 0) is 70.9 Å². The van der Waals surface area contributed by atoms with Crippen molar-refractivity contribution in [2.75, 3.05) is 18.1 Å². The summed E-state index contributed by atoms with van der Waals surface area (Å²) in [6.45, 7) is 1.87. The van der Waals surface area contributed by atoms with Crippen molar-refractivity contribution >= 4 is 45.5 Å². The number of amides is 4. The number of hydrogen-bond acceptors (Lipinski definition) is 6. The van der Waals surface area contributed by atoms with Crippen LogP contribution in [-0.4, -0.2) is 31.1 Å². The Morgan fingerprint density at radius 3 is 2.55 bits per heavy atom. The van der Waals surface area contributed by atoms with Crippen molar-refractivity contribution in [1.29, 1.82) is 5.26 Å². The maximum Gasteiger partial charge on any atom is 0.335 e. The van der Waals surface area contributed by atoms with Crippen molar-refractivity contribution in [3.8, 4) is 17.6 Å². The molecule has 1 heterocycles. The number of urea groups is 1. The number of imide groups is 2. The fourth-order valence-corrected chi connectivity index (χ4v) is 3.40. The van der Waals surface area contributed by atoms with Crippen LogP contribution >= 0.6 is 15.9 Å². The fourth-order valence-electron chi connectivity index (χ4n) is 2.83. The van der Waals surface area contributed by atoms with Crippen molar-refractivity contribution in [3.05, 3.63) is 57.8 Å². The molecular formula is C21H15BrFN3O5. The molecule has 8 nitrogen and oxygen atoms in total. The van der Waals surface area contributed by atoms with Gasteiger partial charge in [0.05, 0.1) is 16.8 Å². The second kappa shape index (κ2) is 9.40. The van der Waals surface area contributed by atoms with Gasteiger partial charge < -0.3 is 9.47 Å². The van der Waals surface area contributed by atoms with Crippen molar-refractivity contribution < 1.29 is 28.2 Å². The van der Waals surface area contributed by atoms with Gasteiger partial charge in [-0.2, -0.15) is 5.26 Å². The highest BCUT2D eigenvalue weighted by Crippen LogP contribution is 2.37. The molecule has 158 valence electrons. The topological polar surface area (TPSA) is 109 Å². The number of benzene rings is 2. The van der Waals surface area contributed by atoms with E-state index in [1.165, 1.54) is 24.3 Å². The molecule has 0 radical (unpaired) electrons. The van der Waals surface area contributed by atoms with Crippen LogP contribution in [0, 0.1) is 17.1 Å². The van der Waals surface area contributed by atoms with Gasteiger partial charge in [0.25, 0.3) is 11.8 Å². The first-order valence-corrected chi connectivity index (χ1v) is 9.78. The summed E-state index contributed by atoms with van der Waals surface area (Å²) in [6, 6.07) is 8.74. The van der Waals surface area contributed by atoms with E-state index in [1.807, 2.05) is 6.07 Å². The maximum absolute atomic E-state index is 13.2. The summed E-state index contributed by atoms with van der Waals surface area (Å²) in [4.78, 5) is 38.2. The number of nitriles is 1. The summed E-state index contributed by atoms with van der Waals surface area (Å²) in [7, 11) is 0. The molecule has 0 aromatic heterocycles. The second-order valence-electron chi connectivity index (χ2n) is 6.14. The SMILES string of the molecule is CCOc1cc(/C=C2\C(=O)NC(=O)N(c3ccc(F)cc3)C2=O)cc(Br)c1OCC#N. The molecule has 0 atom stereocenters. The summed E-state index contributed by atoms with van der Waals surface area (Å²) in [5.74, 6) is -1.67. The molecule has 1 aliphatic heterocycles. The molecule has 2 aromatic carbocycles. The molecule has 2 aromatic rings. The number of nitrogens with one attached hydrogen (secondary N) is 1. The van der Waals surface area contributed by atoms with E-state index in [0.717, 1.165) is 17.0 Å². The van der Waals surface area contributed by atoms with Gasteiger partial charge in [0.2, 0.25) is 0 Å². The number of barbiturate groups is 1. The quantitative estimate of drug-likeness (QED) is 0.492. The largest absolute Gasteiger partial charge is 0.490 e. The maximum atomic E-state index is 13.2. The van der Waals surface area contributed by atoms with Crippen LogP contribution in [0.15, 0.2) is 46.4 Å². The Balaban J connectivity index is 2.02. The zero-order chi connectivity index (χ0) is 22.5. The third-order valence-electron chi connectivity index (χ3n) is 4.11. The van der Waals surface area contributed by atoms with Gasteiger partial charge in [0, 0.05) is 0 Å². The van der Waals surface area contributed by atoms with E-state index in [0.29, 0.717) is 28.1 Å². The van der Waals surface area contributed by atoms with Gasteiger partial charge in [0.15, 0.2) is 18.1 Å². The minimum absolute atomic E-state index is 0.110. The van der Waals surface area contributed by atoms with E-state index in [-0.39, 0.29) is 17.9 Å². The number of hydrogen-bond donors (Lipinski definition) is 1. The van der Waals surface area contributed by atoms with Gasteiger partial charge in [-0.25, -0.2) is 14.1 Å². The third-order valence-corrected chi connectivity index (χ3v) is 4.70. The van der Waals surface area contributed by atoms with Crippen LogP contribution < -0.4 is 19.7 Å². The minimum atomic E-state index is -0.935. The third kappa shape index (κ3) is 4.73. The number of anilines is 1. The molecule has 0 unspecified atom stereocenters. The molecule has 1 aliphatic rings. The van der Waals surface area contributed by atoms with Crippen molar-refractivity contribution in [1.82, 2.24) is 5.32 Å². The van der Waals surface area contributed by atoms with Crippen molar-refractivity contribution in [2.45, 2.75) is 6.92 Å². The lowest BCUT2D eigenvalue weighted by Gasteiger charge is -2.26. The number of carbonyl (C=O) groups excluding carboxylic acids is 3. The molecule has 1 saturated heterocycles. The number of nitrogens with zero attached hydrogens (tertiary/aromatic N) is 2. The van der Waals surface area contributed by atoms with Gasteiger partial charge in [-0.3, -0.25) is 14.9 Å². The van der Waals surface area contributed by atoms with Crippen LogP contribution in [0.3, 0.4) is 0 Å². The molecule has 0 saturated carbocycles. The first kappa shape index (κ1) is 22.0. The Morgan fingerprint density at radius 2 is 1.90 bits per heavy atom. The van der Waals surface area contributed by atoms with Crippen LogP contribution in [0.2, 0.25) is 0 Å². The predicted molar refractivity (Wildman–Crippen MR) is 112 cm³/mol. The Hall–Kier alpha value is -3.71. The van der Waals surface area contributed by atoms with Crippen molar-refractivity contribution in [3.63, 3.8) is 0 Å². The number of carbonyl (C=O) groups is 3. The fraction of sp³-hybridized carbons (Fsp3) is 0.143. The van der Waals surface area contributed by atoms with E-state index >= 15 is 0 Å². The summed E-state index contributed by atoms with van der Waals surface area (Å²) in [5.41, 5.74) is 0.217. The monoisotopic (exact) mass is 487 g/mol. The van der Waals surface area contributed by atoms with Crippen LogP contribution in [0.25, 0.3) is 6.08 Å². The highest BCUT2D eigenvalue weighted by Gasteiger charge is 2.36. The first-order chi connectivity index (χ1) is 14.8. The number of halogens is 2. The standard InChI is InChI=1S/C21H15BrFN3O5/c1-2-30-17-11-12(10-16(22)18(17)31-8-7-24)9-15-19(27)25-21(29)26(20(15)28)14-5-3-13(23)4-6-14/h3-6,9-11H,2,8H2,1H3,(H,25,27,29)/b15-9+. The minimum Gasteiger partial charge on any atom is -0.490 e. The van der Waals surface area contributed by atoms with Crippen LogP contribution in [-0.2, 0) is 9.59 Å². The lowest BCUT2D eigenvalue weighted by Crippen LogP contribution is -2.54. The predicted octanol–water partition coefficient (Wildman–Crippen LogP) is 3.56. The van der Waals surface area contributed by atoms with Crippen LogP contribution in [0.1, 0.15) is 12.5 Å². The highest BCUT2D eigenvalue weighted by molar-refractivity contribution is 9.10. The Bertz CT molecular complexity index is 1130. The lowest BCUT2D eigenvalue weighted by molar-refractivity contribution is -0.122. The number of rotatable bonds is 6. The van der Waals surface area contributed by atoms with Gasteiger partial charge >= 0.3 is 6.03 Å². The van der Waals surface area contributed by atoms with E-state index in [4.69, 9.17) is 14.7 Å².